The molecule has 8 nitrogen and oxygen atoms in total. The molecule has 1 aromatic carbocycles. The second kappa shape index (κ2) is 6.76. The van der Waals surface area contributed by atoms with E-state index in [4.69, 9.17) is 9.52 Å². The number of carbonyl (C=O) groups excluding carboxylic acids is 1. The Labute approximate surface area is 170 Å². The van der Waals surface area contributed by atoms with Crippen molar-refractivity contribution in [3.05, 3.63) is 34.5 Å². The van der Waals surface area contributed by atoms with Crippen LogP contribution in [0.25, 0.3) is 0 Å². The Morgan fingerprint density at radius 1 is 1.31 bits per heavy atom. The minimum atomic E-state index is -3.59. The van der Waals surface area contributed by atoms with E-state index in [2.05, 4.69) is 28.1 Å². The Bertz CT molecular complexity index is 1110. The van der Waals surface area contributed by atoms with Crippen LogP contribution in [0.3, 0.4) is 0 Å². The van der Waals surface area contributed by atoms with Gasteiger partial charge in [0.15, 0.2) is 9.92 Å². The van der Waals surface area contributed by atoms with Crippen LogP contribution >= 0.6 is 0 Å². The zero-order valence-electron chi connectivity index (χ0n) is 16.4. The second-order valence-corrected chi connectivity index (χ2v) is 9.86. The summed E-state index contributed by atoms with van der Waals surface area (Å²) in [6.07, 6.45) is 7.31. The van der Waals surface area contributed by atoms with Crippen LogP contribution in [0, 0.1) is 4.78 Å². The van der Waals surface area contributed by atoms with Gasteiger partial charge >= 0.3 is 6.03 Å². The van der Waals surface area contributed by atoms with Crippen molar-refractivity contribution in [2.45, 2.75) is 62.8 Å². The highest BCUT2D eigenvalue weighted by Gasteiger charge is 2.30. The van der Waals surface area contributed by atoms with E-state index in [9.17, 15) is 9.00 Å². The zero-order chi connectivity index (χ0) is 20.2. The molecule has 0 bridgehead atoms. The van der Waals surface area contributed by atoms with Crippen molar-refractivity contribution >= 4 is 21.6 Å². The molecule has 0 saturated heterocycles. The van der Waals surface area contributed by atoms with Gasteiger partial charge in [0.25, 0.3) is 0 Å². The highest BCUT2D eigenvalue weighted by Crippen LogP contribution is 2.43. The summed E-state index contributed by atoms with van der Waals surface area (Å²) in [4.78, 5) is 12.9. The molecule has 1 unspecified atom stereocenters. The number of anilines is 1. The molecule has 0 saturated carbocycles. The number of aromatic nitrogens is 2. The fourth-order valence-corrected chi connectivity index (χ4v) is 5.85. The lowest BCUT2D eigenvalue weighted by Gasteiger charge is -2.20. The summed E-state index contributed by atoms with van der Waals surface area (Å²) in [5.74, 6) is 0.689. The minimum Gasteiger partial charge on any atom is -0.477 e. The normalized spacial score (nSPS) is 21.5. The molecule has 0 radical (unpaired) electrons. The van der Waals surface area contributed by atoms with Crippen LogP contribution in [0.2, 0.25) is 0 Å². The first-order chi connectivity index (χ1) is 13.9. The molecule has 3 aliphatic rings. The number of hydrogen-bond acceptors (Lipinski definition) is 5. The van der Waals surface area contributed by atoms with Gasteiger partial charge in [-0.1, -0.05) is 13.0 Å². The third-order valence-electron chi connectivity index (χ3n) is 6.16. The van der Waals surface area contributed by atoms with Gasteiger partial charge in [-0.2, -0.15) is 5.10 Å². The summed E-state index contributed by atoms with van der Waals surface area (Å²) < 4.78 is 30.8. The van der Waals surface area contributed by atoms with E-state index in [0.717, 1.165) is 44.2 Å². The van der Waals surface area contributed by atoms with Crippen LogP contribution in [-0.4, -0.2) is 26.6 Å². The number of carbonyl (C=O) groups is 1. The van der Waals surface area contributed by atoms with E-state index in [1.807, 2.05) is 0 Å². The number of nitrogens with one attached hydrogen (secondary N) is 3. The van der Waals surface area contributed by atoms with Crippen molar-refractivity contribution < 1.29 is 13.7 Å². The maximum atomic E-state index is 13.0. The molecule has 2 atom stereocenters. The summed E-state index contributed by atoms with van der Waals surface area (Å²) in [5, 5.41) is 7.09. The molecule has 5 rings (SSSR count). The van der Waals surface area contributed by atoms with Crippen molar-refractivity contribution in [1.29, 1.82) is 4.78 Å². The van der Waals surface area contributed by atoms with Crippen molar-refractivity contribution in [2.75, 3.05) is 11.9 Å². The number of benzene rings is 1. The Morgan fingerprint density at radius 2 is 2.17 bits per heavy atom. The first-order valence-electron chi connectivity index (χ1n) is 10.2. The predicted molar refractivity (Wildman–Crippen MR) is 109 cm³/mol. The Balaban J connectivity index is 1.43. The van der Waals surface area contributed by atoms with E-state index in [1.165, 1.54) is 28.5 Å². The molecule has 3 N–H and O–H groups in total. The molecule has 0 fully saturated rings. The molecular formula is C20H25N5O3S. The summed E-state index contributed by atoms with van der Waals surface area (Å²) in [6.45, 7) is 3.32. The van der Waals surface area contributed by atoms with Gasteiger partial charge in [-0.05, 0) is 60.3 Å². The van der Waals surface area contributed by atoms with E-state index in [-0.39, 0.29) is 4.90 Å². The summed E-state index contributed by atoms with van der Waals surface area (Å²) in [5.41, 5.74) is 5.86. The Hall–Kier alpha value is -2.55. The van der Waals surface area contributed by atoms with Gasteiger partial charge in [-0.3, -0.25) is 0 Å². The Morgan fingerprint density at radius 3 is 3.03 bits per heavy atom. The molecule has 29 heavy (non-hydrogen) atoms. The Kier molecular flexibility index (Phi) is 4.31. The van der Waals surface area contributed by atoms with E-state index in [1.54, 1.807) is 4.68 Å². The first-order valence-corrected chi connectivity index (χ1v) is 11.7. The maximum absolute atomic E-state index is 13.0. The fourth-order valence-electron chi connectivity index (χ4n) is 4.82. The number of fused-ring (bicyclic) bond motifs is 3. The number of urea groups is 1. The smallest absolute Gasteiger partial charge is 0.331 e. The van der Waals surface area contributed by atoms with Crippen LogP contribution in [0.5, 0.6) is 5.88 Å². The van der Waals surface area contributed by atoms with E-state index < -0.39 is 15.9 Å². The zero-order valence-corrected chi connectivity index (χ0v) is 17.2. The monoisotopic (exact) mass is 415 g/mol. The topological polar surface area (TPSA) is 109 Å². The number of aryl methyl sites for hydroxylation is 3. The minimum absolute atomic E-state index is 0.115. The van der Waals surface area contributed by atoms with Crippen molar-refractivity contribution in [1.82, 2.24) is 14.5 Å². The van der Waals surface area contributed by atoms with Gasteiger partial charge in [0.05, 0.1) is 12.8 Å². The van der Waals surface area contributed by atoms with E-state index >= 15 is 0 Å². The van der Waals surface area contributed by atoms with E-state index in [0.29, 0.717) is 24.9 Å². The first kappa shape index (κ1) is 18.5. The molecule has 154 valence electrons. The van der Waals surface area contributed by atoms with Crippen molar-refractivity contribution in [2.24, 2.45) is 0 Å². The predicted octanol–water partition coefficient (Wildman–Crippen LogP) is 3.35. The number of rotatable bonds is 3. The molecule has 2 amide bonds. The number of amides is 2. The van der Waals surface area contributed by atoms with Crippen LogP contribution in [0.1, 0.15) is 54.4 Å². The van der Waals surface area contributed by atoms with Crippen LogP contribution < -0.4 is 14.8 Å². The van der Waals surface area contributed by atoms with Gasteiger partial charge in [-0.25, -0.2) is 23.2 Å². The number of hydrogen-bond donors (Lipinski definition) is 3. The summed E-state index contributed by atoms with van der Waals surface area (Å²) in [6, 6.07) is 1.68. The molecule has 9 heteroatoms. The van der Waals surface area contributed by atoms with Gasteiger partial charge in [0.2, 0.25) is 5.88 Å². The lowest BCUT2D eigenvalue weighted by molar-refractivity contribution is 0.224. The third-order valence-corrected chi connectivity index (χ3v) is 7.54. The van der Waals surface area contributed by atoms with Crippen LogP contribution in [0.15, 0.2) is 17.2 Å². The second-order valence-electron chi connectivity index (χ2n) is 8.11. The fraction of sp³-hybridized carbons (Fsp3) is 0.500. The average molecular weight is 416 g/mol. The molecule has 1 aromatic heterocycles. The molecule has 0 spiro atoms. The standard InChI is InChI=1S/C20H25N5O3S/c1-12-6-7-14-10-13-4-2-5-15(13)18(17(12)14)23-20(26)24-29(21,27)16-11-22-25-8-3-9-28-19(16)25/h10-12H,2-9H2,1H3,(H3,21,23,24,26,27)/t12-,29?/m1/s1. The highest BCUT2D eigenvalue weighted by atomic mass is 32.2. The highest BCUT2D eigenvalue weighted by molar-refractivity contribution is 7.91. The molecule has 2 aliphatic carbocycles. The molecule has 2 heterocycles. The molecular weight excluding hydrogens is 390 g/mol. The SMILES string of the molecule is C[C@@H]1CCc2cc3c(c(NC(=O)NS(=N)(=O)c4cnn5c4OCCC5)c21)CCC3. The average Bonchev–Trinajstić information content (AvgIpc) is 3.39. The quantitative estimate of drug-likeness (QED) is 0.714. The largest absolute Gasteiger partial charge is 0.477 e. The summed E-state index contributed by atoms with van der Waals surface area (Å²) >= 11 is 0. The lowest BCUT2D eigenvalue weighted by atomic mass is 9.95. The van der Waals surface area contributed by atoms with Gasteiger partial charge in [-0.15, -0.1) is 0 Å². The van der Waals surface area contributed by atoms with Gasteiger partial charge < -0.3 is 10.1 Å². The van der Waals surface area contributed by atoms with Crippen molar-refractivity contribution in [3.8, 4) is 5.88 Å². The third kappa shape index (κ3) is 3.08. The number of nitrogens with zero attached hydrogens (tertiary/aromatic N) is 2. The van der Waals surface area contributed by atoms with Crippen LogP contribution in [0.4, 0.5) is 10.5 Å². The van der Waals surface area contributed by atoms with Gasteiger partial charge in [0, 0.05) is 18.7 Å². The lowest BCUT2D eigenvalue weighted by Crippen LogP contribution is -2.34. The van der Waals surface area contributed by atoms with Crippen LogP contribution in [-0.2, 0) is 35.7 Å². The number of ether oxygens (including phenoxy) is 1. The van der Waals surface area contributed by atoms with Gasteiger partial charge in [0.1, 0.15) is 4.90 Å². The summed E-state index contributed by atoms with van der Waals surface area (Å²) in [7, 11) is -3.59. The molecule has 2 aromatic rings. The maximum Gasteiger partial charge on any atom is 0.331 e. The molecule has 1 aliphatic heterocycles. The van der Waals surface area contributed by atoms with Crippen molar-refractivity contribution in [3.63, 3.8) is 0 Å².